The summed E-state index contributed by atoms with van der Waals surface area (Å²) >= 11 is 0. The summed E-state index contributed by atoms with van der Waals surface area (Å²) in [5, 5.41) is 16.3. The Kier molecular flexibility index (Phi) is 4.92. The van der Waals surface area contributed by atoms with Crippen molar-refractivity contribution in [2.75, 3.05) is 26.2 Å². The number of carbonyl (C=O) groups excluding carboxylic acids is 1. The zero-order chi connectivity index (χ0) is 17.1. The molecule has 1 aromatic heterocycles. The summed E-state index contributed by atoms with van der Waals surface area (Å²) < 4.78 is 14.0. The molecule has 0 aliphatic carbocycles. The molecular formula is C17H21FN4O2. The number of nitrogens with one attached hydrogen (secondary N) is 1. The van der Waals surface area contributed by atoms with Crippen LogP contribution in [-0.2, 0) is 11.3 Å². The fourth-order valence-corrected chi connectivity index (χ4v) is 2.96. The average molecular weight is 332 g/mol. The van der Waals surface area contributed by atoms with Crippen LogP contribution >= 0.6 is 0 Å². The van der Waals surface area contributed by atoms with E-state index in [4.69, 9.17) is 0 Å². The molecule has 1 amide bonds. The molecule has 0 spiro atoms. The van der Waals surface area contributed by atoms with E-state index in [1.54, 1.807) is 29.3 Å². The van der Waals surface area contributed by atoms with Crippen LogP contribution in [0.25, 0.3) is 11.3 Å². The number of H-pyrrole nitrogens is 1. The van der Waals surface area contributed by atoms with Gasteiger partial charge in [0.2, 0.25) is 0 Å². The lowest BCUT2D eigenvalue weighted by Crippen LogP contribution is -2.50. The Hall–Kier alpha value is -2.25. The largest absolute Gasteiger partial charge is 0.384 e. The monoisotopic (exact) mass is 332 g/mol. The molecule has 1 aliphatic rings. The lowest BCUT2D eigenvalue weighted by molar-refractivity contribution is -0.141. The van der Waals surface area contributed by atoms with Crippen molar-refractivity contribution in [1.29, 1.82) is 0 Å². The topological polar surface area (TPSA) is 72.5 Å². The van der Waals surface area contributed by atoms with Gasteiger partial charge >= 0.3 is 0 Å². The third kappa shape index (κ3) is 3.47. The number of amides is 1. The van der Waals surface area contributed by atoms with Crippen LogP contribution in [-0.4, -0.2) is 63.3 Å². The predicted molar refractivity (Wildman–Crippen MR) is 87.5 cm³/mol. The van der Waals surface area contributed by atoms with Crippen LogP contribution < -0.4 is 0 Å². The van der Waals surface area contributed by atoms with Gasteiger partial charge in [0.05, 0.1) is 11.9 Å². The van der Waals surface area contributed by atoms with E-state index in [9.17, 15) is 14.3 Å². The van der Waals surface area contributed by atoms with Crippen molar-refractivity contribution in [3.8, 4) is 11.3 Å². The Morgan fingerprint density at radius 2 is 2.04 bits per heavy atom. The van der Waals surface area contributed by atoms with Crippen LogP contribution in [0.15, 0.2) is 30.5 Å². The van der Waals surface area contributed by atoms with Crippen molar-refractivity contribution in [3.63, 3.8) is 0 Å². The van der Waals surface area contributed by atoms with Crippen molar-refractivity contribution >= 4 is 5.91 Å². The zero-order valence-electron chi connectivity index (χ0n) is 13.6. The van der Waals surface area contributed by atoms with E-state index in [0.29, 0.717) is 44.0 Å². The number of aliphatic hydroxyl groups excluding tert-OH is 1. The highest BCUT2D eigenvalue weighted by Gasteiger charge is 2.24. The lowest BCUT2D eigenvalue weighted by Gasteiger charge is -2.35. The fraction of sp³-hybridized carbons (Fsp3) is 0.412. The van der Waals surface area contributed by atoms with Gasteiger partial charge in [0, 0.05) is 43.9 Å². The summed E-state index contributed by atoms with van der Waals surface area (Å²) in [7, 11) is 0. The van der Waals surface area contributed by atoms with Crippen LogP contribution in [0.3, 0.4) is 0 Å². The SMILES string of the molecule is CC(O)C(=O)N1CCN(Cc2cn[nH]c2-c2ccccc2F)CC1. The summed E-state index contributed by atoms with van der Waals surface area (Å²) in [4.78, 5) is 15.7. The summed E-state index contributed by atoms with van der Waals surface area (Å²) in [6.45, 7) is 4.70. The summed E-state index contributed by atoms with van der Waals surface area (Å²) in [5.41, 5.74) is 2.12. The van der Waals surface area contributed by atoms with E-state index in [2.05, 4.69) is 15.1 Å². The quantitative estimate of drug-likeness (QED) is 0.884. The second-order valence-electron chi connectivity index (χ2n) is 6.03. The second kappa shape index (κ2) is 7.11. The van der Waals surface area contributed by atoms with Crippen LogP contribution in [0.4, 0.5) is 4.39 Å². The predicted octanol–water partition coefficient (Wildman–Crippen LogP) is 1.24. The van der Waals surface area contributed by atoms with E-state index in [0.717, 1.165) is 5.56 Å². The molecule has 1 fully saturated rings. The first-order chi connectivity index (χ1) is 11.6. The van der Waals surface area contributed by atoms with Gasteiger partial charge in [0.15, 0.2) is 0 Å². The minimum absolute atomic E-state index is 0.231. The maximum Gasteiger partial charge on any atom is 0.251 e. The molecule has 1 saturated heterocycles. The molecule has 24 heavy (non-hydrogen) atoms. The summed E-state index contributed by atoms with van der Waals surface area (Å²) in [5.74, 6) is -0.514. The molecule has 1 aromatic carbocycles. The Morgan fingerprint density at radius 3 is 2.71 bits per heavy atom. The number of halogens is 1. The Balaban J connectivity index is 1.66. The molecule has 1 atom stereocenters. The number of rotatable bonds is 4. The highest BCUT2D eigenvalue weighted by atomic mass is 19.1. The number of carbonyl (C=O) groups is 1. The highest BCUT2D eigenvalue weighted by Crippen LogP contribution is 2.25. The number of nitrogens with zero attached hydrogens (tertiary/aromatic N) is 3. The first-order valence-corrected chi connectivity index (χ1v) is 8.02. The van der Waals surface area contributed by atoms with E-state index in [1.165, 1.54) is 13.0 Å². The van der Waals surface area contributed by atoms with Crippen LogP contribution in [0.2, 0.25) is 0 Å². The molecule has 2 N–H and O–H groups in total. The van der Waals surface area contributed by atoms with Gasteiger partial charge < -0.3 is 10.0 Å². The van der Waals surface area contributed by atoms with Gasteiger partial charge in [-0.3, -0.25) is 14.8 Å². The van der Waals surface area contributed by atoms with Gasteiger partial charge in [-0.25, -0.2) is 4.39 Å². The van der Waals surface area contributed by atoms with Gasteiger partial charge in [-0.2, -0.15) is 5.10 Å². The van der Waals surface area contributed by atoms with Crippen molar-refractivity contribution in [2.45, 2.75) is 19.6 Å². The number of piperazine rings is 1. The maximum atomic E-state index is 14.0. The fourth-order valence-electron chi connectivity index (χ4n) is 2.96. The van der Waals surface area contributed by atoms with Crippen molar-refractivity contribution < 1.29 is 14.3 Å². The third-order valence-electron chi connectivity index (χ3n) is 4.30. The Bertz CT molecular complexity index is 708. The van der Waals surface area contributed by atoms with E-state index >= 15 is 0 Å². The number of aliphatic hydroxyl groups is 1. The molecule has 7 heteroatoms. The third-order valence-corrected chi connectivity index (χ3v) is 4.30. The Morgan fingerprint density at radius 1 is 1.33 bits per heavy atom. The molecule has 0 radical (unpaired) electrons. The van der Waals surface area contributed by atoms with Gasteiger partial charge in [0.1, 0.15) is 11.9 Å². The molecule has 2 heterocycles. The molecule has 0 saturated carbocycles. The maximum absolute atomic E-state index is 14.0. The second-order valence-corrected chi connectivity index (χ2v) is 6.03. The standard InChI is InChI=1S/C17H21FN4O2/c1-12(23)17(24)22-8-6-21(7-9-22)11-13-10-19-20-16(13)14-4-2-3-5-15(14)18/h2-5,10,12,23H,6-9,11H2,1H3,(H,19,20). The molecule has 3 rings (SSSR count). The van der Waals surface area contributed by atoms with Gasteiger partial charge in [-0.1, -0.05) is 12.1 Å². The minimum atomic E-state index is -0.960. The van der Waals surface area contributed by atoms with Gasteiger partial charge in [-0.15, -0.1) is 0 Å². The normalized spacial score (nSPS) is 17.0. The van der Waals surface area contributed by atoms with Crippen LogP contribution in [0, 0.1) is 5.82 Å². The summed E-state index contributed by atoms with van der Waals surface area (Å²) in [6, 6.07) is 6.61. The molecule has 0 bridgehead atoms. The molecule has 128 valence electrons. The first-order valence-electron chi connectivity index (χ1n) is 8.02. The van der Waals surface area contributed by atoms with Gasteiger partial charge in [0.25, 0.3) is 5.91 Å². The number of aromatic nitrogens is 2. The number of benzene rings is 1. The Labute approximate surface area is 139 Å². The molecule has 1 aliphatic heterocycles. The first kappa shape index (κ1) is 16.6. The van der Waals surface area contributed by atoms with Crippen molar-refractivity contribution in [3.05, 3.63) is 41.8 Å². The van der Waals surface area contributed by atoms with Crippen molar-refractivity contribution in [2.24, 2.45) is 0 Å². The number of hydrogen-bond donors (Lipinski definition) is 2. The van der Waals surface area contributed by atoms with Crippen LogP contribution in [0.5, 0.6) is 0 Å². The average Bonchev–Trinajstić information content (AvgIpc) is 3.03. The number of aromatic amines is 1. The molecule has 1 unspecified atom stereocenters. The van der Waals surface area contributed by atoms with E-state index in [1.807, 2.05) is 0 Å². The lowest BCUT2D eigenvalue weighted by atomic mass is 10.1. The molecule has 2 aromatic rings. The summed E-state index contributed by atoms with van der Waals surface area (Å²) in [6.07, 6.45) is 0.757. The van der Waals surface area contributed by atoms with E-state index < -0.39 is 6.10 Å². The smallest absolute Gasteiger partial charge is 0.251 e. The zero-order valence-corrected chi connectivity index (χ0v) is 13.6. The molecule has 6 nitrogen and oxygen atoms in total. The number of hydrogen-bond acceptors (Lipinski definition) is 4. The minimum Gasteiger partial charge on any atom is -0.384 e. The van der Waals surface area contributed by atoms with E-state index in [-0.39, 0.29) is 11.7 Å². The van der Waals surface area contributed by atoms with Crippen LogP contribution in [0.1, 0.15) is 12.5 Å². The van der Waals surface area contributed by atoms with Gasteiger partial charge in [-0.05, 0) is 19.1 Å². The highest BCUT2D eigenvalue weighted by molar-refractivity contribution is 5.80. The van der Waals surface area contributed by atoms with Crippen molar-refractivity contribution in [1.82, 2.24) is 20.0 Å². The molecular weight excluding hydrogens is 311 g/mol.